The summed E-state index contributed by atoms with van der Waals surface area (Å²) in [5, 5.41) is 4.72. The van der Waals surface area contributed by atoms with E-state index in [0.717, 1.165) is 16.3 Å². The zero-order valence-electron chi connectivity index (χ0n) is 13.3. The van der Waals surface area contributed by atoms with Gasteiger partial charge in [-0.25, -0.2) is 4.98 Å². The van der Waals surface area contributed by atoms with Crippen LogP contribution in [0.15, 0.2) is 65.4 Å². The van der Waals surface area contributed by atoms with Crippen molar-refractivity contribution in [1.82, 2.24) is 10.3 Å². The number of carbonyl (C=O) groups is 2. The predicted molar refractivity (Wildman–Crippen MR) is 100 cm³/mol. The lowest BCUT2D eigenvalue weighted by Gasteiger charge is -2.16. The van der Waals surface area contributed by atoms with Crippen molar-refractivity contribution < 1.29 is 9.59 Å². The minimum Gasteiger partial charge on any atom is -0.368 e. The number of aromatic nitrogens is 1. The lowest BCUT2D eigenvalue weighted by atomic mass is 10.0. The normalized spacial score (nSPS) is 11.9. The third-order valence-electron chi connectivity index (χ3n) is 3.92. The summed E-state index contributed by atoms with van der Waals surface area (Å²) in [6, 6.07) is 15.9. The number of amides is 2. The second kappa shape index (κ2) is 7.44. The maximum absolute atomic E-state index is 12.5. The fourth-order valence-corrected chi connectivity index (χ4v) is 3.00. The number of benzene rings is 2. The number of pyridine rings is 1. The van der Waals surface area contributed by atoms with Gasteiger partial charge in [0.25, 0.3) is 5.91 Å². The van der Waals surface area contributed by atoms with Gasteiger partial charge < -0.3 is 11.1 Å². The summed E-state index contributed by atoms with van der Waals surface area (Å²) in [4.78, 5) is 28.4. The van der Waals surface area contributed by atoms with Gasteiger partial charge in [-0.2, -0.15) is 0 Å². The molecule has 3 rings (SSSR count). The van der Waals surface area contributed by atoms with Gasteiger partial charge in [0.2, 0.25) is 5.91 Å². The van der Waals surface area contributed by atoms with Crippen molar-refractivity contribution in [3.05, 3.63) is 76.5 Å². The highest BCUT2D eigenvalue weighted by molar-refractivity contribution is 9.10. The molecular weight excluding hydrogens is 382 g/mol. The first kappa shape index (κ1) is 17.1. The molecule has 0 saturated heterocycles. The number of halogens is 1. The third-order valence-corrected chi connectivity index (χ3v) is 4.63. The van der Waals surface area contributed by atoms with Crippen molar-refractivity contribution in [3.8, 4) is 0 Å². The van der Waals surface area contributed by atoms with E-state index in [4.69, 9.17) is 5.73 Å². The molecular formula is C19H16BrN3O2. The van der Waals surface area contributed by atoms with Crippen LogP contribution in [-0.4, -0.2) is 22.8 Å². The number of nitrogens with one attached hydrogen (secondary N) is 1. The number of nitrogens with two attached hydrogens (primary N) is 1. The first-order valence-electron chi connectivity index (χ1n) is 7.73. The summed E-state index contributed by atoms with van der Waals surface area (Å²) in [6.45, 7) is 0. The fraction of sp³-hybridized carbons (Fsp3) is 0.105. The van der Waals surface area contributed by atoms with Crippen molar-refractivity contribution in [3.63, 3.8) is 0 Å². The van der Waals surface area contributed by atoms with Crippen LogP contribution >= 0.6 is 15.9 Å². The molecule has 0 spiro atoms. The van der Waals surface area contributed by atoms with Gasteiger partial charge in [0.15, 0.2) is 0 Å². The van der Waals surface area contributed by atoms with Crippen LogP contribution in [0.1, 0.15) is 15.9 Å². The number of hydrogen-bond acceptors (Lipinski definition) is 3. The molecule has 3 aromatic rings. The Kier molecular flexibility index (Phi) is 5.09. The Balaban J connectivity index is 1.80. The minimum atomic E-state index is -0.820. The highest BCUT2D eigenvalue weighted by Gasteiger charge is 2.20. The van der Waals surface area contributed by atoms with Crippen molar-refractivity contribution >= 4 is 38.5 Å². The van der Waals surface area contributed by atoms with Crippen molar-refractivity contribution in [2.75, 3.05) is 0 Å². The third kappa shape index (κ3) is 4.03. The molecule has 126 valence electrons. The lowest BCUT2D eigenvalue weighted by molar-refractivity contribution is -0.119. The van der Waals surface area contributed by atoms with Gasteiger partial charge in [-0.1, -0.05) is 36.4 Å². The minimum absolute atomic E-state index is 0.267. The highest BCUT2D eigenvalue weighted by Crippen LogP contribution is 2.17. The lowest BCUT2D eigenvalue weighted by Crippen LogP contribution is -2.45. The highest BCUT2D eigenvalue weighted by atomic mass is 79.9. The Labute approximate surface area is 153 Å². The fourth-order valence-electron chi connectivity index (χ4n) is 2.59. The first-order chi connectivity index (χ1) is 12.0. The predicted octanol–water partition coefficient (Wildman–Crippen LogP) is 2.82. The molecule has 6 heteroatoms. The summed E-state index contributed by atoms with van der Waals surface area (Å²) in [5.74, 6) is -0.931. The molecule has 0 saturated carbocycles. The zero-order valence-corrected chi connectivity index (χ0v) is 14.9. The summed E-state index contributed by atoms with van der Waals surface area (Å²) in [5.41, 5.74) is 6.74. The Morgan fingerprint density at radius 3 is 2.56 bits per heavy atom. The van der Waals surface area contributed by atoms with Gasteiger partial charge in [0, 0.05) is 18.2 Å². The van der Waals surface area contributed by atoms with Crippen LogP contribution in [0, 0.1) is 0 Å². The van der Waals surface area contributed by atoms with Crippen molar-refractivity contribution in [2.45, 2.75) is 12.5 Å². The molecule has 1 heterocycles. The number of carbonyl (C=O) groups excluding carboxylic acids is 2. The second-order valence-electron chi connectivity index (χ2n) is 5.65. The van der Waals surface area contributed by atoms with Crippen LogP contribution in [0.5, 0.6) is 0 Å². The van der Waals surface area contributed by atoms with Gasteiger partial charge >= 0.3 is 0 Å². The van der Waals surface area contributed by atoms with Crippen LogP contribution in [0.4, 0.5) is 0 Å². The molecule has 5 nitrogen and oxygen atoms in total. The van der Waals surface area contributed by atoms with E-state index in [9.17, 15) is 9.59 Å². The monoisotopic (exact) mass is 397 g/mol. The summed E-state index contributed by atoms with van der Waals surface area (Å²) >= 11 is 3.34. The molecule has 1 aromatic heterocycles. The SMILES string of the molecule is NC(=O)[C@@H](Cc1cccnc1Br)NC(=O)c1ccc2ccccc2c1. The Morgan fingerprint density at radius 2 is 1.84 bits per heavy atom. The molecule has 1 atom stereocenters. The van der Waals surface area contributed by atoms with Gasteiger partial charge in [-0.05, 0) is 50.5 Å². The van der Waals surface area contributed by atoms with E-state index in [2.05, 4.69) is 26.2 Å². The van der Waals surface area contributed by atoms with Gasteiger partial charge in [0.05, 0.1) is 0 Å². The van der Waals surface area contributed by atoms with Gasteiger partial charge in [-0.15, -0.1) is 0 Å². The second-order valence-corrected chi connectivity index (χ2v) is 6.40. The van der Waals surface area contributed by atoms with Crippen LogP contribution < -0.4 is 11.1 Å². The number of primary amides is 1. The molecule has 0 bridgehead atoms. The van der Waals surface area contributed by atoms with E-state index in [0.29, 0.717) is 10.2 Å². The molecule has 25 heavy (non-hydrogen) atoms. The molecule has 3 N–H and O–H groups in total. The first-order valence-corrected chi connectivity index (χ1v) is 8.52. The van der Waals surface area contributed by atoms with E-state index in [-0.39, 0.29) is 12.3 Å². The molecule has 0 aliphatic rings. The van der Waals surface area contributed by atoms with Crippen LogP contribution in [0.25, 0.3) is 10.8 Å². The van der Waals surface area contributed by atoms with E-state index in [1.165, 1.54) is 0 Å². The number of hydrogen-bond donors (Lipinski definition) is 2. The summed E-state index contributed by atoms with van der Waals surface area (Å²) in [6.07, 6.45) is 1.91. The standard InChI is InChI=1S/C19H16BrN3O2/c20-17-14(6-3-9-22-17)11-16(18(21)24)23-19(25)15-8-7-12-4-1-2-5-13(12)10-15/h1-10,16H,11H2,(H2,21,24)(H,23,25)/t16-/m1/s1. The maximum atomic E-state index is 12.5. The summed E-state index contributed by atoms with van der Waals surface area (Å²) in [7, 11) is 0. The van der Waals surface area contributed by atoms with Crippen LogP contribution in [-0.2, 0) is 11.2 Å². The molecule has 2 aromatic carbocycles. The average Bonchev–Trinajstić information content (AvgIpc) is 2.62. The maximum Gasteiger partial charge on any atom is 0.251 e. The number of rotatable bonds is 5. The van der Waals surface area contributed by atoms with Crippen molar-refractivity contribution in [1.29, 1.82) is 0 Å². The molecule has 0 radical (unpaired) electrons. The molecule has 0 aliphatic heterocycles. The average molecular weight is 398 g/mol. The van der Waals surface area contributed by atoms with E-state index < -0.39 is 11.9 Å². The Hall–Kier alpha value is -2.73. The smallest absolute Gasteiger partial charge is 0.251 e. The zero-order chi connectivity index (χ0) is 17.8. The van der Waals surface area contributed by atoms with Crippen LogP contribution in [0.2, 0.25) is 0 Å². The molecule has 0 aliphatic carbocycles. The van der Waals surface area contributed by atoms with E-state index in [1.54, 1.807) is 24.4 Å². The largest absolute Gasteiger partial charge is 0.368 e. The molecule has 0 fully saturated rings. The number of nitrogens with zero attached hydrogens (tertiary/aromatic N) is 1. The van der Waals surface area contributed by atoms with Crippen LogP contribution in [0.3, 0.4) is 0 Å². The summed E-state index contributed by atoms with van der Waals surface area (Å²) < 4.78 is 0.626. The Morgan fingerprint density at radius 1 is 1.08 bits per heavy atom. The van der Waals surface area contributed by atoms with Gasteiger partial charge in [0.1, 0.15) is 10.6 Å². The number of fused-ring (bicyclic) bond motifs is 1. The van der Waals surface area contributed by atoms with Crippen molar-refractivity contribution in [2.24, 2.45) is 5.73 Å². The Bertz CT molecular complexity index is 943. The topological polar surface area (TPSA) is 85.1 Å². The quantitative estimate of drug-likeness (QED) is 0.649. The van der Waals surface area contributed by atoms with Gasteiger partial charge in [-0.3, -0.25) is 9.59 Å². The van der Waals surface area contributed by atoms with E-state index in [1.807, 2.05) is 36.4 Å². The molecule has 0 unspecified atom stereocenters. The molecule has 2 amide bonds. The van der Waals surface area contributed by atoms with E-state index >= 15 is 0 Å².